The zero-order valence-corrected chi connectivity index (χ0v) is 16.8. The van der Waals surface area contributed by atoms with E-state index in [9.17, 15) is 0 Å². The molecule has 0 saturated heterocycles. The van der Waals surface area contributed by atoms with Gasteiger partial charge in [0.2, 0.25) is 17.1 Å². The molecule has 0 radical (unpaired) electrons. The number of thioether (sulfide) groups is 1. The molecule has 0 spiro atoms. The van der Waals surface area contributed by atoms with Crippen molar-refractivity contribution in [3.05, 3.63) is 41.2 Å². The first-order chi connectivity index (χ1) is 13.2. The summed E-state index contributed by atoms with van der Waals surface area (Å²) in [6.07, 6.45) is 3.75. The first kappa shape index (κ1) is 19.4. The molecule has 0 aliphatic carbocycles. The monoisotopic (exact) mass is 404 g/mol. The van der Waals surface area contributed by atoms with Gasteiger partial charge in [0.1, 0.15) is 6.33 Å². The largest absolute Gasteiger partial charge is 0.357 e. The zero-order valence-electron chi connectivity index (χ0n) is 15.2. The van der Waals surface area contributed by atoms with Crippen molar-refractivity contribution >= 4 is 35.3 Å². The third kappa shape index (κ3) is 5.54. The molecule has 1 aromatic carbocycles. The van der Waals surface area contributed by atoms with Gasteiger partial charge in [0, 0.05) is 24.4 Å². The number of nitrogens with zero attached hydrogens (tertiary/aromatic N) is 6. The molecule has 10 heteroatoms. The molecule has 0 amide bonds. The van der Waals surface area contributed by atoms with Crippen LogP contribution in [0.1, 0.15) is 25.3 Å². The van der Waals surface area contributed by atoms with Crippen molar-refractivity contribution in [2.24, 2.45) is 0 Å². The van der Waals surface area contributed by atoms with Gasteiger partial charge in [0.15, 0.2) is 0 Å². The SMILES string of the molecule is CCCCNc1nc(NC)nc(-n2cnc(SCc3ccc(Cl)cc3)n2)n1. The van der Waals surface area contributed by atoms with Crippen LogP contribution in [0.4, 0.5) is 11.9 Å². The van der Waals surface area contributed by atoms with E-state index >= 15 is 0 Å². The molecule has 3 aromatic rings. The maximum Gasteiger partial charge on any atom is 0.258 e. The van der Waals surface area contributed by atoms with Gasteiger partial charge in [0.05, 0.1) is 0 Å². The summed E-state index contributed by atoms with van der Waals surface area (Å²) >= 11 is 7.45. The smallest absolute Gasteiger partial charge is 0.258 e. The number of unbranched alkanes of at least 4 members (excludes halogenated alkanes) is 1. The Labute approximate surface area is 167 Å². The number of anilines is 2. The minimum atomic E-state index is 0.416. The van der Waals surface area contributed by atoms with E-state index in [0.717, 1.165) is 35.7 Å². The lowest BCUT2D eigenvalue weighted by atomic mass is 10.2. The number of halogens is 1. The molecule has 0 fully saturated rings. The van der Waals surface area contributed by atoms with Crippen LogP contribution in [0.3, 0.4) is 0 Å². The van der Waals surface area contributed by atoms with Gasteiger partial charge in [-0.2, -0.15) is 19.6 Å². The van der Waals surface area contributed by atoms with Crippen LogP contribution in [0.25, 0.3) is 5.95 Å². The third-order valence-corrected chi connectivity index (χ3v) is 4.79. The summed E-state index contributed by atoms with van der Waals surface area (Å²) in [5.74, 6) is 2.16. The fourth-order valence-corrected chi connectivity index (χ4v) is 3.06. The Bertz CT molecular complexity index is 868. The summed E-state index contributed by atoms with van der Waals surface area (Å²) in [5.41, 5.74) is 1.15. The van der Waals surface area contributed by atoms with Crippen molar-refractivity contribution in [1.29, 1.82) is 0 Å². The van der Waals surface area contributed by atoms with Crippen molar-refractivity contribution < 1.29 is 0 Å². The lowest BCUT2D eigenvalue weighted by Gasteiger charge is -2.07. The molecule has 0 saturated carbocycles. The van der Waals surface area contributed by atoms with Crippen LogP contribution in [0.2, 0.25) is 5.02 Å². The predicted octanol–water partition coefficient (Wildman–Crippen LogP) is 3.65. The van der Waals surface area contributed by atoms with Crippen LogP contribution < -0.4 is 10.6 Å². The maximum absolute atomic E-state index is 5.91. The summed E-state index contributed by atoms with van der Waals surface area (Å²) < 4.78 is 1.55. The summed E-state index contributed by atoms with van der Waals surface area (Å²) in [5, 5.41) is 12.0. The Balaban J connectivity index is 1.70. The molecule has 3 rings (SSSR count). The van der Waals surface area contributed by atoms with Crippen LogP contribution in [0, 0.1) is 0 Å². The highest BCUT2D eigenvalue weighted by Crippen LogP contribution is 2.21. The summed E-state index contributed by atoms with van der Waals surface area (Å²) in [4.78, 5) is 17.4. The van der Waals surface area contributed by atoms with Crippen LogP contribution in [-0.2, 0) is 5.75 Å². The second-order valence-electron chi connectivity index (χ2n) is 5.70. The van der Waals surface area contributed by atoms with E-state index in [1.54, 1.807) is 18.1 Å². The highest BCUT2D eigenvalue weighted by molar-refractivity contribution is 7.98. The highest BCUT2D eigenvalue weighted by atomic mass is 35.5. The molecule has 0 atom stereocenters. The van der Waals surface area contributed by atoms with E-state index in [2.05, 4.69) is 42.6 Å². The van der Waals surface area contributed by atoms with Gasteiger partial charge in [-0.05, 0) is 24.1 Å². The number of nitrogens with one attached hydrogen (secondary N) is 2. The van der Waals surface area contributed by atoms with Crippen molar-refractivity contribution in [1.82, 2.24) is 29.7 Å². The summed E-state index contributed by atoms with van der Waals surface area (Å²) in [6, 6.07) is 7.73. The summed E-state index contributed by atoms with van der Waals surface area (Å²) in [6.45, 7) is 2.95. The van der Waals surface area contributed by atoms with Crippen LogP contribution in [-0.4, -0.2) is 43.3 Å². The van der Waals surface area contributed by atoms with Crippen LogP contribution in [0.5, 0.6) is 0 Å². The topological polar surface area (TPSA) is 93.4 Å². The van der Waals surface area contributed by atoms with Gasteiger partial charge >= 0.3 is 0 Å². The minimum absolute atomic E-state index is 0.416. The molecular weight excluding hydrogens is 384 g/mol. The number of benzene rings is 1. The number of rotatable bonds is 9. The fraction of sp³-hybridized carbons (Fsp3) is 0.353. The molecule has 2 N–H and O–H groups in total. The Morgan fingerprint density at radius 2 is 1.89 bits per heavy atom. The van der Waals surface area contributed by atoms with E-state index in [4.69, 9.17) is 11.6 Å². The quantitative estimate of drug-likeness (QED) is 0.412. The van der Waals surface area contributed by atoms with E-state index in [0.29, 0.717) is 23.0 Å². The lowest BCUT2D eigenvalue weighted by molar-refractivity contribution is 0.766. The maximum atomic E-state index is 5.91. The van der Waals surface area contributed by atoms with Crippen molar-refractivity contribution in [3.8, 4) is 5.95 Å². The zero-order chi connectivity index (χ0) is 19.1. The Morgan fingerprint density at radius 3 is 2.63 bits per heavy atom. The normalized spacial score (nSPS) is 10.8. The number of hydrogen-bond donors (Lipinski definition) is 2. The average molecular weight is 405 g/mol. The van der Waals surface area contributed by atoms with E-state index in [1.165, 1.54) is 11.8 Å². The van der Waals surface area contributed by atoms with Crippen LogP contribution >= 0.6 is 23.4 Å². The minimum Gasteiger partial charge on any atom is -0.357 e. The number of aromatic nitrogens is 6. The van der Waals surface area contributed by atoms with E-state index in [-0.39, 0.29) is 0 Å². The van der Waals surface area contributed by atoms with Gasteiger partial charge in [-0.25, -0.2) is 4.98 Å². The molecule has 2 aromatic heterocycles. The molecule has 0 unspecified atom stereocenters. The third-order valence-electron chi connectivity index (χ3n) is 3.62. The van der Waals surface area contributed by atoms with Crippen molar-refractivity contribution in [2.45, 2.75) is 30.7 Å². The van der Waals surface area contributed by atoms with E-state index in [1.807, 2.05) is 24.3 Å². The molecule has 27 heavy (non-hydrogen) atoms. The first-order valence-corrected chi connectivity index (χ1v) is 10.0. The molecular formula is C17H21ClN8S. The fourth-order valence-electron chi connectivity index (χ4n) is 2.17. The van der Waals surface area contributed by atoms with Crippen LogP contribution in [0.15, 0.2) is 35.7 Å². The van der Waals surface area contributed by atoms with Crippen molar-refractivity contribution in [3.63, 3.8) is 0 Å². The second-order valence-corrected chi connectivity index (χ2v) is 7.08. The first-order valence-electron chi connectivity index (χ1n) is 8.65. The Kier molecular flexibility index (Phi) is 6.83. The molecule has 0 aliphatic rings. The Hall–Kier alpha value is -2.39. The van der Waals surface area contributed by atoms with Gasteiger partial charge in [0.25, 0.3) is 5.95 Å². The molecule has 0 bridgehead atoms. The number of hydrogen-bond acceptors (Lipinski definition) is 8. The van der Waals surface area contributed by atoms with E-state index < -0.39 is 0 Å². The van der Waals surface area contributed by atoms with Gasteiger partial charge in [-0.15, -0.1) is 5.10 Å². The van der Waals surface area contributed by atoms with Gasteiger partial charge in [-0.1, -0.05) is 48.8 Å². The van der Waals surface area contributed by atoms with Crippen molar-refractivity contribution in [2.75, 3.05) is 24.2 Å². The molecule has 0 aliphatic heterocycles. The molecule has 142 valence electrons. The standard InChI is InChI=1S/C17H21ClN8S/c1-3-4-9-20-15-22-14(19-2)23-16(24-15)26-11-21-17(25-26)27-10-12-5-7-13(18)8-6-12/h5-8,11H,3-4,9-10H2,1-2H3,(H2,19,20,22,23,24). The lowest BCUT2D eigenvalue weighted by Crippen LogP contribution is -2.12. The predicted molar refractivity (Wildman–Crippen MR) is 109 cm³/mol. The average Bonchev–Trinajstić information content (AvgIpc) is 3.17. The summed E-state index contributed by atoms with van der Waals surface area (Å²) in [7, 11) is 1.77. The second kappa shape index (κ2) is 9.52. The van der Waals surface area contributed by atoms with Gasteiger partial charge in [-0.3, -0.25) is 0 Å². The molecule has 2 heterocycles. The Morgan fingerprint density at radius 1 is 1.11 bits per heavy atom. The van der Waals surface area contributed by atoms with Gasteiger partial charge < -0.3 is 10.6 Å². The molecule has 8 nitrogen and oxygen atoms in total. The highest BCUT2D eigenvalue weighted by Gasteiger charge is 2.10.